The van der Waals surface area contributed by atoms with Crippen molar-refractivity contribution >= 4 is 11.6 Å². The monoisotopic (exact) mass is 322 g/mol. The van der Waals surface area contributed by atoms with Gasteiger partial charge in [-0.25, -0.2) is 4.68 Å². The minimum atomic E-state index is -0.287. The lowest BCUT2D eigenvalue weighted by Gasteiger charge is -2.04. The van der Waals surface area contributed by atoms with Crippen LogP contribution in [0.2, 0.25) is 0 Å². The normalized spacial score (nSPS) is 10.4. The van der Waals surface area contributed by atoms with Crippen molar-refractivity contribution in [3.63, 3.8) is 0 Å². The van der Waals surface area contributed by atoms with Crippen molar-refractivity contribution in [1.82, 2.24) is 15.1 Å². The Kier molecular flexibility index (Phi) is 4.47. The lowest BCUT2D eigenvalue weighted by molar-refractivity contribution is 0.0942. The Morgan fingerprint density at radius 2 is 1.88 bits per heavy atom. The Morgan fingerprint density at radius 1 is 1.17 bits per heavy atom. The number of hydrogen-bond donors (Lipinski definition) is 2. The molecule has 0 aliphatic heterocycles. The Balaban J connectivity index is 1.79. The van der Waals surface area contributed by atoms with Crippen LogP contribution in [0.1, 0.15) is 16.1 Å². The Hall–Kier alpha value is -3.28. The lowest BCUT2D eigenvalue weighted by atomic mass is 10.2. The molecule has 0 fully saturated rings. The van der Waals surface area contributed by atoms with E-state index in [1.165, 1.54) is 7.11 Å². The zero-order valence-corrected chi connectivity index (χ0v) is 13.3. The van der Waals surface area contributed by atoms with Crippen molar-refractivity contribution < 1.29 is 9.53 Å². The number of hydrogen-bond acceptors (Lipinski definition) is 4. The zero-order valence-electron chi connectivity index (χ0n) is 13.3. The predicted octanol–water partition coefficient (Wildman–Crippen LogP) is 2.39. The third-order valence-electron chi connectivity index (χ3n) is 3.57. The molecule has 0 aliphatic rings. The number of nitrogens with one attached hydrogen (secondary N) is 1. The molecule has 0 saturated heterocycles. The number of anilines is 1. The summed E-state index contributed by atoms with van der Waals surface area (Å²) < 4.78 is 6.87. The van der Waals surface area contributed by atoms with Crippen LogP contribution in [0.3, 0.4) is 0 Å². The van der Waals surface area contributed by atoms with E-state index in [1.807, 2.05) is 42.5 Å². The lowest BCUT2D eigenvalue weighted by Crippen LogP contribution is -2.23. The molecule has 6 nitrogen and oxygen atoms in total. The maximum Gasteiger partial charge on any atom is 0.275 e. The fourth-order valence-electron chi connectivity index (χ4n) is 2.29. The number of methoxy groups -OCH3 is 1. The highest BCUT2D eigenvalue weighted by atomic mass is 16.5. The number of nitrogens with two attached hydrogens (primary N) is 1. The zero-order chi connectivity index (χ0) is 16.9. The molecular formula is C18H18N4O2. The maximum atomic E-state index is 12.4. The van der Waals surface area contributed by atoms with Gasteiger partial charge in [0.05, 0.1) is 19.0 Å². The van der Waals surface area contributed by atoms with Gasteiger partial charge in [0.2, 0.25) is 0 Å². The highest BCUT2D eigenvalue weighted by molar-refractivity contribution is 5.94. The van der Waals surface area contributed by atoms with Crippen LogP contribution in [-0.2, 0) is 6.54 Å². The van der Waals surface area contributed by atoms with Gasteiger partial charge in [-0.05, 0) is 29.8 Å². The van der Waals surface area contributed by atoms with Crippen molar-refractivity contribution in [2.75, 3.05) is 12.8 Å². The van der Waals surface area contributed by atoms with Gasteiger partial charge >= 0.3 is 0 Å². The number of nitrogens with zero attached hydrogens (tertiary/aromatic N) is 2. The fourth-order valence-corrected chi connectivity index (χ4v) is 2.29. The molecule has 3 aromatic rings. The molecule has 1 heterocycles. The summed E-state index contributed by atoms with van der Waals surface area (Å²) in [5.74, 6) is 0.127. The molecule has 2 aromatic carbocycles. The third-order valence-corrected chi connectivity index (χ3v) is 3.57. The van der Waals surface area contributed by atoms with Gasteiger partial charge in [-0.1, -0.05) is 30.3 Å². The van der Waals surface area contributed by atoms with Gasteiger partial charge in [-0.15, -0.1) is 0 Å². The summed E-state index contributed by atoms with van der Waals surface area (Å²) in [6.07, 6.45) is 1.67. The van der Waals surface area contributed by atoms with Crippen LogP contribution in [0.4, 0.5) is 5.69 Å². The van der Waals surface area contributed by atoms with Crippen LogP contribution in [0.15, 0.2) is 60.8 Å². The molecule has 0 aliphatic carbocycles. The molecule has 0 bridgehead atoms. The molecule has 0 spiro atoms. The van der Waals surface area contributed by atoms with E-state index in [4.69, 9.17) is 10.5 Å². The molecule has 1 aromatic heterocycles. The van der Waals surface area contributed by atoms with Gasteiger partial charge in [0.25, 0.3) is 5.91 Å². The summed E-state index contributed by atoms with van der Waals surface area (Å²) in [7, 11) is 1.51. The van der Waals surface area contributed by atoms with E-state index >= 15 is 0 Å². The number of carbonyl (C=O) groups is 1. The Morgan fingerprint density at radius 3 is 2.54 bits per heavy atom. The van der Waals surface area contributed by atoms with E-state index in [2.05, 4.69) is 10.4 Å². The SMILES string of the molecule is COc1cn(-c2ccc(N)cc2)nc1C(=O)NCc1ccccc1. The summed E-state index contributed by atoms with van der Waals surface area (Å²) in [5.41, 5.74) is 8.41. The van der Waals surface area contributed by atoms with Gasteiger partial charge in [0.15, 0.2) is 11.4 Å². The number of aromatic nitrogens is 2. The van der Waals surface area contributed by atoms with Crippen LogP contribution in [0.5, 0.6) is 5.75 Å². The van der Waals surface area contributed by atoms with Crippen LogP contribution in [0.25, 0.3) is 5.69 Å². The molecule has 0 radical (unpaired) electrons. The summed E-state index contributed by atoms with van der Waals surface area (Å²) in [6.45, 7) is 0.428. The van der Waals surface area contributed by atoms with Crippen LogP contribution in [0, 0.1) is 0 Å². The highest BCUT2D eigenvalue weighted by Crippen LogP contribution is 2.20. The minimum absolute atomic E-state index is 0.241. The minimum Gasteiger partial charge on any atom is -0.493 e. The third kappa shape index (κ3) is 3.38. The number of amides is 1. The molecule has 0 saturated carbocycles. The topological polar surface area (TPSA) is 82.2 Å². The number of ether oxygens (including phenoxy) is 1. The van der Waals surface area contributed by atoms with Crippen molar-refractivity contribution in [2.24, 2.45) is 0 Å². The molecule has 122 valence electrons. The second kappa shape index (κ2) is 6.87. The van der Waals surface area contributed by atoms with Crippen molar-refractivity contribution in [2.45, 2.75) is 6.54 Å². The van der Waals surface area contributed by atoms with Gasteiger partial charge in [-0.3, -0.25) is 4.79 Å². The Labute approximate surface area is 139 Å². The van der Waals surface area contributed by atoms with E-state index in [0.29, 0.717) is 18.0 Å². The number of nitrogen functional groups attached to an aromatic ring is 1. The molecule has 24 heavy (non-hydrogen) atoms. The smallest absolute Gasteiger partial charge is 0.275 e. The molecular weight excluding hydrogens is 304 g/mol. The molecule has 3 N–H and O–H groups in total. The average molecular weight is 322 g/mol. The summed E-state index contributed by atoms with van der Waals surface area (Å²) >= 11 is 0. The quantitative estimate of drug-likeness (QED) is 0.707. The van der Waals surface area contributed by atoms with Gasteiger partial charge in [0, 0.05) is 12.2 Å². The number of carbonyl (C=O) groups excluding carboxylic acids is 1. The number of benzene rings is 2. The van der Waals surface area contributed by atoms with Gasteiger partial charge in [0.1, 0.15) is 0 Å². The first kappa shape index (κ1) is 15.6. The van der Waals surface area contributed by atoms with Crippen LogP contribution < -0.4 is 15.8 Å². The second-order valence-electron chi connectivity index (χ2n) is 5.25. The van der Waals surface area contributed by atoms with Crippen molar-refractivity contribution in [3.05, 3.63) is 72.1 Å². The largest absolute Gasteiger partial charge is 0.493 e. The van der Waals surface area contributed by atoms with Crippen LogP contribution in [-0.4, -0.2) is 22.8 Å². The summed E-state index contributed by atoms with van der Waals surface area (Å²) in [6, 6.07) is 16.9. The Bertz CT molecular complexity index is 826. The average Bonchev–Trinajstić information content (AvgIpc) is 3.05. The van der Waals surface area contributed by atoms with Crippen molar-refractivity contribution in [3.8, 4) is 11.4 Å². The number of rotatable bonds is 5. The first-order chi connectivity index (χ1) is 11.7. The fraction of sp³-hybridized carbons (Fsp3) is 0.111. The highest BCUT2D eigenvalue weighted by Gasteiger charge is 2.18. The van der Waals surface area contributed by atoms with Crippen molar-refractivity contribution in [1.29, 1.82) is 0 Å². The second-order valence-corrected chi connectivity index (χ2v) is 5.25. The van der Waals surface area contributed by atoms with Crippen LogP contribution >= 0.6 is 0 Å². The first-order valence-corrected chi connectivity index (χ1v) is 7.49. The standard InChI is InChI=1S/C18H18N4O2/c1-24-16-12-22(15-9-7-14(19)8-10-15)21-17(16)18(23)20-11-13-5-3-2-4-6-13/h2-10,12H,11,19H2,1H3,(H,20,23). The first-order valence-electron chi connectivity index (χ1n) is 7.49. The van der Waals surface area contributed by atoms with E-state index in [1.54, 1.807) is 23.0 Å². The van der Waals surface area contributed by atoms with Gasteiger partial charge < -0.3 is 15.8 Å². The summed E-state index contributed by atoms with van der Waals surface area (Å²) in [4.78, 5) is 12.4. The predicted molar refractivity (Wildman–Crippen MR) is 92.1 cm³/mol. The molecule has 0 atom stereocenters. The van der Waals surface area contributed by atoms with E-state index in [-0.39, 0.29) is 11.6 Å². The molecule has 0 unspecified atom stereocenters. The van der Waals surface area contributed by atoms with E-state index in [9.17, 15) is 4.79 Å². The molecule has 6 heteroatoms. The molecule has 1 amide bonds. The molecule has 3 rings (SSSR count). The van der Waals surface area contributed by atoms with E-state index in [0.717, 1.165) is 11.3 Å². The maximum absolute atomic E-state index is 12.4. The summed E-state index contributed by atoms with van der Waals surface area (Å²) in [5, 5.41) is 7.18. The van der Waals surface area contributed by atoms with E-state index < -0.39 is 0 Å². The van der Waals surface area contributed by atoms with Gasteiger partial charge in [-0.2, -0.15) is 5.10 Å².